The van der Waals surface area contributed by atoms with Crippen LogP contribution in [0, 0.1) is 6.92 Å². The van der Waals surface area contributed by atoms with Crippen molar-refractivity contribution in [3.63, 3.8) is 0 Å². The molecule has 0 atom stereocenters. The molecule has 0 spiro atoms. The molecule has 0 saturated heterocycles. The maximum absolute atomic E-state index is 11.7. The fourth-order valence-corrected chi connectivity index (χ4v) is 2.20. The van der Waals surface area contributed by atoms with Crippen LogP contribution >= 0.6 is 11.3 Å². The Morgan fingerprint density at radius 2 is 2.43 bits per heavy atom. The van der Waals surface area contributed by atoms with E-state index in [2.05, 4.69) is 5.32 Å². The number of aliphatic hydroxyl groups is 1. The summed E-state index contributed by atoms with van der Waals surface area (Å²) in [7, 11) is 0. The summed E-state index contributed by atoms with van der Waals surface area (Å²) in [6.07, 6.45) is 1.78. The summed E-state index contributed by atoms with van der Waals surface area (Å²) in [6.45, 7) is 1.97. The summed E-state index contributed by atoms with van der Waals surface area (Å²) in [5.41, 5.74) is 0.689. The molecular formula is C10H13NO2S. The molecule has 14 heavy (non-hydrogen) atoms. The van der Waals surface area contributed by atoms with Crippen LogP contribution in [0.25, 0.3) is 0 Å². The Balaban J connectivity index is 2.07. The van der Waals surface area contributed by atoms with Gasteiger partial charge in [-0.05, 0) is 36.8 Å². The predicted octanol–water partition coefficient (Wildman–Crippen LogP) is 1.31. The molecule has 76 valence electrons. The van der Waals surface area contributed by atoms with Gasteiger partial charge in [-0.3, -0.25) is 4.79 Å². The van der Waals surface area contributed by atoms with E-state index in [1.54, 1.807) is 0 Å². The third-order valence-electron chi connectivity index (χ3n) is 2.60. The van der Waals surface area contributed by atoms with E-state index in [4.69, 9.17) is 5.11 Å². The molecule has 2 rings (SSSR count). The molecule has 1 aromatic rings. The van der Waals surface area contributed by atoms with Crippen molar-refractivity contribution in [1.29, 1.82) is 0 Å². The second-order valence-electron chi connectivity index (χ2n) is 3.83. The standard InChI is InChI=1S/C10H13NO2S/c1-7-2-5-14-8(7)9(13)11-10(6-12)3-4-10/h2,5,12H,3-4,6H2,1H3,(H,11,13). The summed E-state index contributed by atoms with van der Waals surface area (Å²) in [6, 6.07) is 1.93. The monoisotopic (exact) mass is 211 g/mol. The van der Waals surface area contributed by atoms with E-state index < -0.39 is 0 Å². The fourth-order valence-electron chi connectivity index (χ4n) is 1.38. The first-order chi connectivity index (χ1) is 6.67. The van der Waals surface area contributed by atoms with Crippen LogP contribution in [0.4, 0.5) is 0 Å². The highest BCUT2D eigenvalue weighted by Crippen LogP contribution is 2.35. The van der Waals surface area contributed by atoms with Crippen LogP contribution in [0.3, 0.4) is 0 Å². The highest BCUT2D eigenvalue weighted by atomic mass is 32.1. The van der Waals surface area contributed by atoms with Gasteiger partial charge in [0.2, 0.25) is 0 Å². The second-order valence-corrected chi connectivity index (χ2v) is 4.74. The van der Waals surface area contributed by atoms with Gasteiger partial charge in [0.15, 0.2) is 0 Å². The molecule has 0 aromatic carbocycles. The van der Waals surface area contributed by atoms with Crippen LogP contribution < -0.4 is 5.32 Å². The molecule has 0 unspecified atom stereocenters. The number of rotatable bonds is 3. The average molecular weight is 211 g/mol. The number of amides is 1. The summed E-state index contributed by atoms with van der Waals surface area (Å²) in [5, 5.41) is 13.8. The van der Waals surface area contributed by atoms with Crippen molar-refractivity contribution in [2.75, 3.05) is 6.61 Å². The molecule has 2 N–H and O–H groups in total. The van der Waals surface area contributed by atoms with Crippen LogP contribution in [0.5, 0.6) is 0 Å². The average Bonchev–Trinajstić information content (AvgIpc) is 2.80. The lowest BCUT2D eigenvalue weighted by molar-refractivity contribution is 0.0910. The molecule has 1 aliphatic rings. The third kappa shape index (κ3) is 1.67. The lowest BCUT2D eigenvalue weighted by Crippen LogP contribution is -2.39. The normalized spacial score (nSPS) is 17.9. The minimum atomic E-state index is -0.312. The van der Waals surface area contributed by atoms with E-state index in [1.807, 2.05) is 18.4 Å². The van der Waals surface area contributed by atoms with E-state index in [9.17, 15) is 4.79 Å². The lowest BCUT2D eigenvalue weighted by Gasteiger charge is -2.13. The summed E-state index contributed by atoms with van der Waals surface area (Å²) >= 11 is 1.44. The van der Waals surface area contributed by atoms with Crippen LogP contribution in [0.1, 0.15) is 28.1 Å². The highest BCUT2D eigenvalue weighted by molar-refractivity contribution is 7.12. The second kappa shape index (κ2) is 3.37. The number of hydrogen-bond donors (Lipinski definition) is 2. The van der Waals surface area contributed by atoms with Crippen molar-refractivity contribution in [1.82, 2.24) is 5.32 Å². The van der Waals surface area contributed by atoms with Gasteiger partial charge in [-0.2, -0.15) is 0 Å². The third-order valence-corrected chi connectivity index (χ3v) is 3.62. The van der Waals surface area contributed by atoms with Crippen LogP contribution in [0.2, 0.25) is 0 Å². The molecule has 1 fully saturated rings. The Labute approximate surface area is 86.8 Å². The summed E-state index contributed by atoms with van der Waals surface area (Å²) in [5.74, 6) is -0.0518. The van der Waals surface area contributed by atoms with Gasteiger partial charge in [-0.1, -0.05) is 0 Å². The Morgan fingerprint density at radius 1 is 1.71 bits per heavy atom. The molecule has 0 aliphatic heterocycles. The van der Waals surface area contributed by atoms with Crippen molar-refractivity contribution in [2.24, 2.45) is 0 Å². The topological polar surface area (TPSA) is 49.3 Å². The Bertz CT molecular complexity index is 355. The summed E-state index contributed by atoms with van der Waals surface area (Å²) in [4.78, 5) is 12.5. The van der Waals surface area contributed by atoms with Gasteiger partial charge in [-0.25, -0.2) is 0 Å². The minimum absolute atomic E-state index is 0.0448. The van der Waals surface area contributed by atoms with Gasteiger partial charge >= 0.3 is 0 Å². The zero-order valence-corrected chi connectivity index (χ0v) is 8.86. The van der Waals surface area contributed by atoms with E-state index in [0.717, 1.165) is 23.3 Å². The maximum Gasteiger partial charge on any atom is 0.262 e. The quantitative estimate of drug-likeness (QED) is 0.792. The van der Waals surface area contributed by atoms with Gasteiger partial charge < -0.3 is 10.4 Å². The molecule has 1 saturated carbocycles. The van der Waals surface area contributed by atoms with Gasteiger partial charge in [0.25, 0.3) is 5.91 Å². The lowest BCUT2D eigenvalue weighted by atomic mass is 10.2. The molecule has 1 aromatic heterocycles. The van der Waals surface area contributed by atoms with Crippen LogP contribution in [0.15, 0.2) is 11.4 Å². The zero-order chi connectivity index (χ0) is 10.2. The van der Waals surface area contributed by atoms with E-state index in [1.165, 1.54) is 11.3 Å². The van der Waals surface area contributed by atoms with Crippen molar-refractivity contribution < 1.29 is 9.90 Å². The highest BCUT2D eigenvalue weighted by Gasteiger charge is 2.43. The Kier molecular flexibility index (Phi) is 2.33. The van der Waals surface area contributed by atoms with Crippen molar-refractivity contribution in [2.45, 2.75) is 25.3 Å². The minimum Gasteiger partial charge on any atom is -0.394 e. The van der Waals surface area contributed by atoms with Crippen molar-refractivity contribution >= 4 is 17.2 Å². The molecule has 1 heterocycles. The van der Waals surface area contributed by atoms with Crippen molar-refractivity contribution in [3.8, 4) is 0 Å². The SMILES string of the molecule is Cc1ccsc1C(=O)NC1(CO)CC1. The Hall–Kier alpha value is -0.870. The van der Waals surface area contributed by atoms with Crippen LogP contribution in [-0.2, 0) is 0 Å². The molecule has 0 radical (unpaired) electrons. The number of nitrogens with one attached hydrogen (secondary N) is 1. The van der Waals surface area contributed by atoms with E-state index in [0.29, 0.717) is 0 Å². The number of hydrogen-bond acceptors (Lipinski definition) is 3. The van der Waals surface area contributed by atoms with Crippen LogP contribution in [-0.4, -0.2) is 23.2 Å². The van der Waals surface area contributed by atoms with Gasteiger partial charge in [0.05, 0.1) is 17.0 Å². The van der Waals surface area contributed by atoms with Gasteiger partial charge in [-0.15, -0.1) is 11.3 Å². The van der Waals surface area contributed by atoms with Gasteiger partial charge in [0.1, 0.15) is 0 Å². The van der Waals surface area contributed by atoms with Crippen molar-refractivity contribution in [3.05, 3.63) is 21.9 Å². The molecule has 1 aliphatic carbocycles. The molecule has 0 bridgehead atoms. The number of aryl methyl sites for hydroxylation is 1. The number of carbonyl (C=O) groups excluding carboxylic acids is 1. The first kappa shape index (κ1) is 9.68. The maximum atomic E-state index is 11.7. The summed E-state index contributed by atoms with van der Waals surface area (Å²) < 4.78 is 0. The molecule has 3 nitrogen and oxygen atoms in total. The Morgan fingerprint density at radius 3 is 2.86 bits per heavy atom. The molecule has 1 amide bonds. The first-order valence-corrected chi connectivity index (χ1v) is 5.52. The largest absolute Gasteiger partial charge is 0.394 e. The zero-order valence-electron chi connectivity index (χ0n) is 8.04. The van der Waals surface area contributed by atoms with Gasteiger partial charge in [0, 0.05) is 0 Å². The fraction of sp³-hybridized carbons (Fsp3) is 0.500. The number of aliphatic hydroxyl groups excluding tert-OH is 1. The smallest absolute Gasteiger partial charge is 0.262 e. The molecular weight excluding hydrogens is 198 g/mol. The first-order valence-electron chi connectivity index (χ1n) is 4.64. The van der Waals surface area contributed by atoms with E-state index in [-0.39, 0.29) is 18.1 Å². The predicted molar refractivity (Wildman–Crippen MR) is 55.6 cm³/mol. The number of thiophene rings is 1. The number of carbonyl (C=O) groups is 1. The molecule has 4 heteroatoms. The van der Waals surface area contributed by atoms with E-state index >= 15 is 0 Å².